The van der Waals surface area contributed by atoms with Gasteiger partial charge in [-0.3, -0.25) is 14.9 Å². The molecule has 8 heteroatoms. The molecule has 0 radical (unpaired) electrons. The van der Waals surface area contributed by atoms with Gasteiger partial charge in [-0.2, -0.15) is 0 Å². The summed E-state index contributed by atoms with van der Waals surface area (Å²) in [4.78, 5) is 37.2. The van der Waals surface area contributed by atoms with E-state index in [1.165, 1.54) is 0 Å². The minimum absolute atomic E-state index is 0.0324. The van der Waals surface area contributed by atoms with Crippen LogP contribution < -0.4 is 16.4 Å². The Hall–Kier alpha value is -1.67. The van der Waals surface area contributed by atoms with Crippen LogP contribution in [0.5, 0.6) is 0 Å². The number of rotatable bonds is 2. The van der Waals surface area contributed by atoms with Crippen LogP contribution in [-0.2, 0) is 14.3 Å². The van der Waals surface area contributed by atoms with Gasteiger partial charge >= 0.3 is 6.03 Å². The monoisotopic (exact) mass is 296 g/mol. The van der Waals surface area contributed by atoms with Crippen molar-refractivity contribution in [3.8, 4) is 0 Å². The molecule has 3 aliphatic heterocycles. The Morgan fingerprint density at radius 1 is 1.33 bits per heavy atom. The lowest BCUT2D eigenvalue weighted by molar-refractivity contribution is -0.145. The number of urea groups is 1. The Labute approximate surface area is 122 Å². The minimum Gasteiger partial charge on any atom is -0.364 e. The highest BCUT2D eigenvalue weighted by molar-refractivity contribution is 6.07. The van der Waals surface area contributed by atoms with E-state index in [4.69, 9.17) is 10.5 Å². The highest BCUT2D eigenvalue weighted by atomic mass is 16.5. The van der Waals surface area contributed by atoms with Crippen LogP contribution in [0.1, 0.15) is 25.7 Å². The number of amides is 4. The molecule has 3 heterocycles. The van der Waals surface area contributed by atoms with E-state index >= 15 is 0 Å². The fraction of sp³-hybridized carbons (Fsp3) is 0.769. The molecule has 1 spiro atoms. The van der Waals surface area contributed by atoms with Crippen molar-refractivity contribution in [2.45, 2.75) is 43.4 Å². The number of piperidine rings is 1. The molecular weight excluding hydrogens is 276 g/mol. The summed E-state index contributed by atoms with van der Waals surface area (Å²) in [7, 11) is 0. The van der Waals surface area contributed by atoms with Crippen LogP contribution in [0.4, 0.5) is 4.79 Å². The van der Waals surface area contributed by atoms with Gasteiger partial charge in [0.2, 0.25) is 0 Å². The summed E-state index contributed by atoms with van der Waals surface area (Å²) in [6.07, 6.45) is 1.92. The fourth-order valence-electron chi connectivity index (χ4n) is 3.25. The first-order valence-electron chi connectivity index (χ1n) is 7.32. The van der Waals surface area contributed by atoms with E-state index in [9.17, 15) is 14.4 Å². The molecule has 8 nitrogen and oxygen atoms in total. The molecule has 0 aromatic carbocycles. The number of ether oxygens (including phenoxy) is 1. The summed E-state index contributed by atoms with van der Waals surface area (Å²) in [6.45, 7) is 1.32. The number of imide groups is 1. The first-order chi connectivity index (χ1) is 10.0. The number of likely N-dealkylation sites (tertiary alicyclic amines) is 1. The molecule has 0 bridgehead atoms. The van der Waals surface area contributed by atoms with Gasteiger partial charge in [-0.05, 0) is 25.7 Å². The Kier molecular flexibility index (Phi) is 3.58. The van der Waals surface area contributed by atoms with E-state index < -0.39 is 17.7 Å². The Balaban J connectivity index is 1.57. The first kappa shape index (κ1) is 14.3. The summed E-state index contributed by atoms with van der Waals surface area (Å²) >= 11 is 0. The summed E-state index contributed by atoms with van der Waals surface area (Å²) in [6, 6.07) is -0.454. The van der Waals surface area contributed by atoms with Crippen LogP contribution in [0.15, 0.2) is 0 Å². The number of nitrogens with two attached hydrogens (primary N) is 1. The van der Waals surface area contributed by atoms with Gasteiger partial charge in [-0.1, -0.05) is 0 Å². The average molecular weight is 296 g/mol. The number of hydrogen-bond donors (Lipinski definition) is 3. The molecule has 3 aliphatic rings. The van der Waals surface area contributed by atoms with E-state index in [-0.39, 0.29) is 17.9 Å². The van der Waals surface area contributed by atoms with Gasteiger partial charge in [0, 0.05) is 19.6 Å². The molecular formula is C13H20N4O4. The molecule has 116 valence electrons. The zero-order chi connectivity index (χ0) is 15.0. The van der Waals surface area contributed by atoms with Crippen LogP contribution in [0.25, 0.3) is 0 Å². The largest absolute Gasteiger partial charge is 0.364 e. The van der Waals surface area contributed by atoms with E-state index in [1.807, 2.05) is 0 Å². The van der Waals surface area contributed by atoms with Gasteiger partial charge in [0.1, 0.15) is 11.6 Å². The molecule has 21 heavy (non-hydrogen) atoms. The normalized spacial score (nSPS) is 31.4. The van der Waals surface area contributed by atoms with Crippen molar-refractivity contribution < 1.29 is 19.1 Å². The lowest BCUT2D eigenvalue weighted by Crippen LogP contribution is -2.56. The van der Waals surface area contributed by atoms with Crippen molar-refractivity contribution in [2.75, 3.05) is 19.6 Å². The zero-order valence-corrected chi connectivity index (χ0v) is 11.8. The number of carbonyl (C=O) groups excluding carboxylic acids is 3. The SMILES string of the molecule is NCC1CCC(C(=O)N2CCC3(CC2)NC(=O)NC3=O)O1. The summed E-state index contributed by atoms with van der Waals surface area (Å²) in [5, 5.41) is 4.94. The van der Waals surface area contributed by atoms with Crippen LogP contribution in [-0.4, -0.2) is 60.1 Å². The lowest BCUT2D eigenvalue weighted by atomic mass is 9.87. The Morgan fingerprint density at radius 2 is 2.05 bits per heavy atom. The molecule has 3 fully saturated rings. The summed E-state index contributed by atoms with van der Waals surface area (Å²) in [5.41, 5.74) is 4.70. The van der Waals surface area contributed by atoms with E-state index in [0.717, 1.165) is 6.42 Å². The maximum absolute atomic E-state index is 12.4. The van der Waals surface area contributed by atoms with E-state index in [0.29, 0.717) is 38.9 Å². The first-order valence-corrected chi connectivity index (χ1v) is 7.32. The third-order valence-electron chi connectivity index (χ3n) is 4.59. The lowest BCUT2D eigenvalue weighted by Gasteiger charge is -2.37. The predicted molar refractivity (Wildman–Crippen MR) is 72.2 cm³/mol. The highest BCUT2D eigenvalue weighted by Crippen LogP contribution is 2.28. The third kappa shape index (κ3) is 2.49. The molecule has 3 rings (SSSR count). The van der Waals surface area contributed by atoms with Crippen LogP contribution >= 0.6 is 0 Å². The molecule has 4 amide bonds. The van der Waals surface area contributed by atoms with Gasteiger partial charge in [0.15, 0.2) is 0 Å². The smallest absolute Gasteiger partial charge is 0.322 e. The van der Waals surface area contributed by atoms with E-state index in [2.05, 4.69) is 10.6 Å². The third-order valence-corrected chi connectivity index (χ3v) is 4.59. The molecule has 3 saturated heterocycles. The fourth-order valence-corrected chi connectivity index (χ4v) is 3.25. The Morgan fingerprint density at radius 3 is 2.57 bits per heavy atom. The average Bonchev–Trinajstić information content (AvgIpc) is 3.05. The second-order valence-corrected chi connectivity index (χ2v) is 5.88. The second-order valence-electron chi connectivity index (χ2n) is 5.88. The minimum atomic E-state index is -0.843. The van der Waals surface area contributed by atoms with Gasteiger partial charge in [0.05, 0.1) is 6.10 Å². The summed E-state index contributed by atoms with van der Waals surface area (Å²) in [5.74, 6) is -0.328. The maximum atomic E-state index is 12.4. The van der Waals surface area contributed by atoms with Crippen molar-refractivity contribution in [2.24, 2.45) is 5.73 Å². The van der Waals surface area contributed by atoms with Crippen molar-refractivity contribution in [1.82, 2.24) is 15.5 Å². The number of nitrogens with one attached hydrogen (secondary N) is 2. The maximum Gasteiger partial charge on any atom is 0.322 e. The standard InChI is InChI=1S/C13H20N4O4/c14-7-8-1-2-9(21-8)10(18)17-5-3-13(4-6-17)11(19)15-12(20)16-13/h8-9H,1-7,14H2,(H2,15,16,19,20). The van der Waals surface area contributed by atoms with E-state index in [1.54, 1.807) is 4.90 Å². The second kappa shape index (κ2) is 5.27. The van der Waals surface area contributed by atoms with Gasteiger partial charge in [0.25, 0.3) is 11.8 Å². The molecule has 0 aliphatic carbocycles. The molecule has 0 aromatic rings. The van der Waals surface area contributed by atoms with Crippen LogP contribution in [0.2, 0.25) is 0 Å². The molecule has 2 unspecified atom stereocenters. The number of nitrogens with zero attached hydrogens (tertiary/aromatic N) is 1. The predicted octanol–water partition coefficient (Wildman–Crippen LogP) is -1.31. The summed E-state index contributed by atoms with van der Waals surface area (Å²) < 4.78 is 5.62. The van der Waals surface area contributed by atoms with Crippen molar-refractivity contribution in [1.29, 1.82) is 0 Å². The van der Waals surface area contributed by atoms with Crippen molar-refractivity contribution >= 4 is 17.8 Å². The zero-order valence-electron chi connectivity index (χ0n) is 11.8. The van der Waals surface area contributed by atoms with Crippen LogP contribution in [0, 0.1) is 0 Å². The quantitative estimate of drug-likeness (QED) is 0.548. The van der Waals surface area contributed by atoms with Gasteiger partial charge < -0.3 is 20.7 Å². The topological polar surface area (TPSA) is 114 Å². The van der Waals surface area contributed by atoms with Gasteiger partial charge in [-0.15, -0.1) is 0 Å². The Bertz CT molecular complexity index is 473. The number of hydrogen-bond acceptors (Lipinski definition) is 5. The van der Waals surface area contributed by atoms with Crippen molar-refractivity contribution in [3.05, 3.63) is 0 Å². The highest BCUT2D eigenvalue weighted by Gasteiger charge is 2.49. The van der Waals surface area contributed by atoms with Crippen molar-refractivity contribution in [3.63, 3.8) is 0 Å². The number of carbonyl (C=O) groups is 3. The molecule has 0 saturated carbocycles. The van der Waals surface area contributed by atoms with Gasteiger partial charge in [-0.25, -0.2) is 4.79 Å². The molecule has 0 aromatic heterocycles. The molecule has 2 atom stereocenters. The van der Waals surface area contributed by atoms with Crippen LogP contribution in [0.3, 0.4) is 0 Å². The molecule has 4 N–H and O–H groups in total.